The summed E-state index contributed by atoms with van der Waals surface area (Å²) >= 11 is 0. The summed E-state index contributed by atoms with van der Waals surface area (Å²) < 4.78 is 0. The van der Waals surface area contributed by atoms with Crippen molar-refractivity contribution in [3.05, 3.63) is 47.2 Å². The van der Waals surface area contributed by atoms with Gasteiger partial charge < -0.3 is 9.80 Å². The van der Waals surface area contributed by atoms with Crippen LogP contribution in [0.15, 0.2) is 36.0 Å². The van der Waals surface area contributed by atoms with E-state index in [2.05, 4.69) is 24.8 Å². The molecule has 2 amide bonds. The highest BCUT2D eigenvalue weighted by Gasteiger charge is 2.25. The first-order chi connectivity index (χ1) is 13.6. The van der Waals surface area contributed by atoms with Crippen LogP contribution in [0.25, 0.3) is 0 Å². The van der Waals surface area contributed by atoms with Gasteiger partial charge in [0.2, 0.25) is 11.8 Å². The van der Waals surface area contributed by atoms with Crippen molar-refractivity contribution in [1.82, 2.24) is 14.7 Å². The number of hydrogen-bond acceptors (Lipinski definition) is 3. The molecule has 0 radical (unpaired) electrons. The Morgan fingerprint density at radius 1 is 1.04 bits per heavy atom. The van der Waals surface area contributed by atoms with E-state index < -0.39 is 0 Å². The zero-order valence-electron chi connectivity index (χ0n) is 17.3. The first kappa shape index (κ1) is 20.6. The van der Waals surface area contributed by atoms with Crippen molar-refractivity contribution in [1.29, 1.82) is 0 Å². The minimum absolute atomic E-state index is 0.178. The highest BCUT2D eigenvalue weighted by molar-refractivity contribution is 5.80. The van der Waals surface area contributed by atoms with E-state index in [1.165, 1.54) is 24.1 Å². The Labute approximate surface area is 169 Å². The summed E-state index contributed by atoms with van der Waals surface area (Å²) in [6, 6.07) is 8.16. The summed E-state index contributed by atoms with van der Waals surface area (Å²) in [5, 5.41) is 0. The molecule has 0 spiro atoms. The molecule has 0 N–H and O–H groups in total. The van der Waals surface area contributed by atoms with Gasteiger partial charge in [-0.1, -0.05) is 35.9 Å². The van der Waals surface area contributed by atoms with Gasteiger partial charge >= 0.3 is 0 Å². The summed E-state index contributed by atoms with van der Waals surface area (Å²) in [7, 11) is 0. The van der Waals surface area contributed by atoms with Gasteiger partial charge in [0.05, 0.1) is 13.0 Å². The van der Waals surface area contributed by atoms with Crippen LogP contribution in [0.3, 0.4) is 0 Å². The van der Waals surface area contributed by atoms with Crippen molar-refractivity contribution in [3.8, 4) is 0 Å². The largest absolute Gasteiger partial charge is 0.340 e. The predicted molar refractivity (Wildman–Crippen MR) is 112 cm³/mol. The van der Waals surface area contributed by atoms with Gasteiger partial charge in [-0.3, -0.25) is 14.5 Å². The van der Waals surface area contributed by atoms with Gasteiger partial charge in [0.25, 0.3) is 0 Å². The van der Waals surface area contributed by atoms with Crippen LogP contribution in [0, 0.1) is 6.92 Å². The molecule has 5 nitrogen and oxygen atoms in total. The molecule has 1 heterocycles. The normalized spacial score (nSPS) is 17.9. The van der Waals surface area contributed by atoms with E-state index >= 15 is 0 Å². The molecule has 5 heteroatoms. The quantitative estimate of drug-likeness (QED) is 0.759. The van der Waals surface area contributed by atoms with Gasteiger partial charge in [-0.05, 0) is 45.1 Å². The molecular formula is C23H33N3O2. The van der Waals surface area contributed by atoms with E-state index in [0.717, 1.165) is 38.0 Å². The standard InChI is InChI=1S/C23H33N3O2/c1-3-26(21-7-5-4-6-8-21)23(28)18-24-13-15-25(16-14-24)22(27)17-20-11-9-19(2)10-12-20/h7,9-12H,3-6,8,13-18H2,1-2H3. The number of allylic oxidation sites excluding steroid dienone is 2. The first-order valence-corrected chi connectivity index (χ1v) is 10.6. The first-order valence-electron chi connectivity index (χ1n) is 10.6. The minimum atomic E-state index is 0.178. The number of piperazine rings is 1. The maximum absolute atomic E-state index is 12.8. The smallest absolute Gasteiger partial charge is 0.240 e. The lowest BCUT2D eigenvalue weighted by atomic mass is 10.0. The summed E-state index contributed by atoms with van der Waals surface area (Å²) in [5.74, 6) is 0.368. The Hall–Kier alpha value is -2.14. The van der Waals surface area contributed by atoms with Crippen molar-refractivity contribution >= 4 is 11.8 Å². The number of aryl methyl sites for hydroxylation is 1. The van der Waals surface area contributed by atoms with E-state index in [0.29, 0.717) is 26.1 Å². The molecule has 1 fully saturated rings. The third-order valence-electron chi connectivity index (χ3n) is 5.79. The number of carbonyl (C=O) groups excluding carboxylic acids is 2. The number of likely N-dealkylation sites (N-methyl/N-ethyl adjacent to an activating group) is 1. The van der Waals surface area contributed by atoms with E-state index in [1.54, 1.807) is 0 Å². The fourth-order valence-corrected chi connectivity index (χ4v) is 4.03. The third-order valence-corrected chi connectivity index (χ3v) is 5.79. The second-order valence-electron chi connectivity index (χ2n) is 7.90. The number of amides is 2. The summed E-state index contributed by atoms with van der Waals surface area (Å²) in [6.07, 6.45) is 7.19. The summed E-state index contributed by atoms with van der Waals surface area (Å²) in [6.45, 7) is 8.22. The number of hydrogen-bond donors (Lipinski definition) is 0. The van der Waals surface area contributed by atoms with Gasteiger partial charge in [-0.25, -0.2) is 0 Å². The molecule has 0 saturated carbocycles. The molecule has 1 aromatic carbocycles. The molecule has 1 aliphatic heterocycles. The van der Waals surface area contributed by atoms with Gasteiger partial charge in [-0.15, -0.1) is 0 Å². The topological polar surface area (TPSA) is 43.9 Å². The van der Waals surface area contributed by atoms with Gasteiger partial charge in [0.15, 0.2) is 0 Å². The Balaban J connectivity index is 1.46. The zero-order chi connectivity index (χ0) is 19.9. The Morgan fingerprint density at radius 2 is 1.75 bits per heavy atom. The second kappa shape index (κ2) is 9.87. The van der Waals surface area contributed by atoms with Crippen molar-refractivity contribution in [3.63, 3.8) is 0 Å². The molecular weight excluding hydrogens is 350 g/mol. The van der Waals surface area contributed by atoms with Gasteiger partial charge in [0, 0.05) is 38.4 Å². The van der Waals surface area contributed by atoms with Crippen LogP contribution in [-0.4, -0.2) is 65.8 Å². The average molecular weight is 384 g/mol. The molecule has 28 heavy (non-hydrogen) atoms. The Bertz CT molecular complexity index is 703. The fourth-order valence-electron chi connectivity index (χ4n) is 4.03. The van der Waals surface area contributed by atoms with Crippen molar-refractivity contribution < 1.29 is 9.59 Å². The Morgan fingerprint density at radius 3 is 2.36 bits per heavy atom. The van der Waals surface area contributed by atoms with E-state index in [9.17, 15) is 9.59 Å². The number of nitrogens with zero attached hydrogens (tertiary/aromatic N) is 3. The molecule has 1 saturated heterocycles. The highest BCUT2D eigenvalue weighted by Crippen LogP contribution is 2.21. The number of carbonyl (C=O) groups is 2. The van der Waals surface area contributed by atoms with Crippen LogP contribution in [-0.2, 0) is 16.0 Å². The van der Waals surface area contributed by atoms with E-state index in [-0.39, 0.29) is 11.8 Å². The van der Waals surface area contributed by atoms with Gasteiger partial charge in [0.1, 0.15) is 0 Å². The fraction of sp³-hybridized carbons (Fsp3) is 0.565. The third kappa shape index (κ3) is 5.44. The van der Waals surface area contributed by atoms with Crippen molar-refractivity contribution in [2.45, 2.75) is 46.0 Å². The SMILES string of the molecule is CCN(C(=O)CN1CCN(C(=O)Cc2ccc(C)cc2)CC1)C1=CCCCC1. The summed E-state index contributed by atoms with van der Waals surface area (Å²) in [5.41, 5.74) is 3.47. The van der Waals surface area contributed by atoms with Crippen LogP contribution in [0.2, 0.25) is 0 Å². The number of benzene rings is 1. The monoisotopic (exact) mass is 383 g/mol. The maximum atomic E-state index is 12.8. The van der Waals surface area contributed by atoms with Crippen molar-refractivity contribution in [2.75, 3.05) is 39.3 Å². The minimum Gasteiger partial charge on any atom is -0.340 e. The maximum Gasteiger partial charge on any atom is 0.240 e. The van der Waals surface area contributed by atoms with Crippen LogP contribution >= 0.6 is 0 Å². The molecule has 0 unspecified atom stereocenters. The molecule has 0 atom stereocenters. The average Bonchev–Trinajstić information content (AvgIpc) is 2.71. The van der Waals surface area contributed by atoms with Gasteiger partial charge in [-0.2, -0.15) is 0 Å². The summed E-state index contributed by atoms with van der Waals surface area (Å²) in [4.78, 5) is 31.4. The lowest BCUT2D eigenvalue weighted by Gasteiger charge is -2.36. The second-order valence-corrected chi connectivity index (χ2v) is 7.90. The highest BCUT2D eigenvalue weighted by atomic mass is 16.2. The lowest BCUT2D eigenvalue weighted by molar-refractivity contribution is -0.133. The van der Waals surface area contributed by atoms with Crippen LogP contribution in [0.5, 0.6) is 0 Å². The van der Waals surface area contributed by atoms with Crippen molar-refractivity contribution in [2.24, 2.45) is 0 Å². The molecule has 0 aromatic heterocycles. The van der Waals surface area contributed by atoms with Crippen LogP contribution in [0.1, 0.15) is 43.7 Å². The number of rotatable bonds is 6. The molecule has 0 bridgehead atoms. The molecule has 152 valence electrons. The molecule has 1 aromatic rings. The van der Waals surface area contributed by atoms with Crippen LogP contribution < -0.4 is 0 Å². The zero-order valence-corrected chi connectivity index (χ0v) is 17.3. The molecule has 1 aliphatic carbocycles. The van der Waals surface area contributed by atoms with E-state index in [1.807, 2.05) is 34.1 Å². The molecule has 3 rings (SSSR count). The predicted octanol–water partition coefficient (Wildman–Crippen LogP) is 2.99. The van der Waals surface area contributed by atoms with Crippen LogP contribution in [0.4, 0.5) is 0 Å². The Kier molecular flexibility index (Phi) is 7.26. The molecule has 2 aliphatic rings. The lowest BCUT2D eigenvalue weighted by Crippen LogP contribution is -2.51. The van der Waals surface area contributed by atoms with E-state index in [4.69, 9.17) is 0 Å².